The number of esters is 1. The first-order valence-electron chi connectivity index (χ1n) is 25.9. The van der Waals surface area contributed by atoms with Crippen molar-refractivity contribution in [1.82, 2.24) is 5.32 Å². The van der Waals surface area contributed by atoms with Crippen LogP contribution in [0.5, 0.6) is 0 Å². The average Bonchev–Trinajstić information content (AvgIpc) is 3.26. The molecule has 0 bridgehead atoms. The summed E-state index contributed by atoms with van der Waals surface area (Å²) >= 11 is 0. The second kappa shape index (κ2) is 46.5. The molecule has 0 aliphatic heterocycles. The Hall–Kier alpha value is -2.04. The molecule has 0 aliphatic rings. The lowest BCUT2D eigenvalue weighted by Crippen LogP contribution is -2.43. The molecule has 0 heterocycles. The number of carboxylic acid groups (broad SMARTS) is 1. The first kappa shape index (κ1) is 61.0. The number of aliphatic carboxylic acids is 1. The number of unbranched alkanes of at least 4 members (excludes halogenated alkanes) is 31. The van der Waals surface area contributed by atoms with Gasteiger partial charge in [-0.05, 0) is 44.9 Å². The summed E-state index contributed by atoms with van der Waals surface area (Å²) in [5.41, 5.74) is 0. The molecule has 0 aromatic carbocycles. The molecule has 11 nitrogen and oxygen atoms in total. The molecule has 3 atom stereocenters. The van der Waals surface area contributed by atoms with Crippen molar-refractivity contribution in [2.24, 2.45) is 0 Å². The minimum Gasteiger partial charge on any atom is -0.480 e. The van der Waals surface area contributed by atoms with E-state index in [0.29, 0.717) is 12.8 Å². The third-order valence-electron chi connectivity index (χ3n) is 11.5. The van der Waals surface area contributed by atoms with Gasteiger partial charge in [0.25, 0.3) is 0 Å². The lowest BCUT2D eigenvalue weighted by molar-refractivity contribution is -0.147. The van der Waals surface area contributed by atoms with E-state index >= 15 is 0 Å². The maximum Gasteiger partial charge on any atom is 0.472 e. The van der Waals surface area contributed by atoms with Gasteiger partial charge in [-0.2, -0.15) is 0 Å². The zero-order valence-corrected chi connectivity index (χ0v) is 41.3. The molecule has 0 fully saturated rings. The molecule has 3 unspecified atom stereocenters. The topological polar surface area (TPSA) is 169 Å². The molecule has 0 saturated carbocycles. The van der Waals surface area contributed by atoms with Gasteiger partial charge < -0.3 is 25.2 Å². The molecule has 63 heavy (non-hydrogen) atoms. The summed E-state index contributed by atoms with van der Waals surface area (Å²) in [6, 6.07) is -1.54. The predicted octanol–water partition coefficient (Wildman–Crippen LogP) is 14.2. The van der Waals surface area contributed by atoms with Gasteiger partial charge in [-0.3, -0.25) is 18.6 Å². The molecule has 0 rings (SSSR count). The highest BCUT2D eigenvalue weighted by atomic mass is 31.2. The normalized spacial score (nSPS) is 13.7. The Labute approximate surface area is 385 Å². The van der Waals surface area contributed by atoms with Gasteiger partial charge >= 0.3 is 19.8 Å². The van der Waals surface area contributed by atoms with Gasteiger partial charge in [0.05, 0.1) is 13.2 Å². The molecule has 370 valence electrons. The fourth-order valence-electron chi connectivity index (χ4n) is 7.47. The Balaban J connectivity index is 3.80. The van der Waals surface area contributed by atoms with E-state index in [4.69, 9.17) is 13.8 Å². The van der Waals surface area contributed by atoms with Crippen molar-refractivity contribution in [1.29, 1.82) is 0 Å². The molecule has 0 aromatic rings. The number of carbonyl (C=O) groups excluding carboxylic acids is 2. The van der Waals surface area contributed by atoms with E-state index in [1.807, 2.05) is 0 Å². The predicted molar refractivity (Wildman–Crippen MR) is 259 cm³/mol. The molecule has 4 N–H and O–H groups in total. The van der Waals surface area contributed by atoms with Crippen LogP contribution in [0.3, 0.4) is 0 Å². The number of aliphatic hydroxyl groups is 1. The van der Waals surface area contributed by atoms with E-state index in [1.54, 1.807) is 0 Å². The van der Waals surface area contributed by atoms with Crippen molar-refractivity contribution < 1.29 is 47.8 Å². The number of phosphoric acid groups is 1. The van der Waals surface area contributed by atoms with Crippen LogP contribution in [0.1, 0.15) is 251 Å². The average molecular weight is 914 g/mol. The van der Waals surface area contributed by atoms with Crippen molar-refractivity contribution in [2.75, 3.05) is 19.8 Å². The number of amides is 1. The summed E-state index contributed by atoms with van der Waals surface area (Å²) in [6.07, 6.45) is 50.5. The van der Waals surface area contributed by atoms with Crippen molar-refractivity contribution in [3.63, 3.8) is 0 Å². The molecule has 1 amide bonds. The molecule has 12 heteroatoms. The van der Waals surface area contributed by atoms with E-state index in [1.165, 1.54) is 167 Å². The van der Waals surface area contributed by atoms with Crippen LogP contribution in [-0.4, -0.2) is 64.9 Å². The van der Waals surface area contributed by atoms with Gasteiger partial charge in [-0.1, -0.05) is 218 Å². The van der Waals surface area contributed by atoms with Crippen LogP contribution in [0, 0.1) is 0 Å². The molecule has 0 radical (unpaired) electrons. The first-order chi connectivity index (χ1) is 30.6. The summed E-state index contributed by atoms with van der Waals surface area (Å²) in [6.45, 7) is 2.61. The SMILES string of the molecule is CCCCC/C=C\C/C=C\CCCCCCCCCCCCCC(=O)OCC(O)COP(=O)(O)OCC(NC(=O)CCCCCCCCCCCCCCCCCCCC)C(=O)O. The van der Waals surface area contributed by atoms with Gasteiger partial charge in [-0.25, -0.2) is 9.36 Å². The number of rotatable bonds is 49. The van der Waals surface area contributed by atoms with Gasteiger partial charge in [0.2, 0.25) is 5.91 Å². The number of hydrogen-bond acceptors (Lipinski definition) is 8. The fourth-order valence-corrected chi connectivity index (χ4v) is 8.24. The Morgan fingerprint density at radius 3 is 1.32 bits per heavy atom. The zero-order valence-electron chi connectivity index (χ0n) is 40.4. The second-order valence-corrected chi connectivity index (χ2v) is 19.2. The minimum absolute atomic E-state index is 0.151. The number of phosphoric ester groups is 1. The van der Waals surface area contributed by atoms with Gasteiger partial charge in [0.1, 0.15) is 12.7 Å². The molecule has 0 saturated heterocycles. The third-order valence-corrected chi connectivity index (χ3v) is 12.4. The van der Waals surface area contributed by atoms with Crippen LogP contribution < -0.4 is 5.32 Å². The standard InChI is InChI=1S/C51H96NO10P/c1-3-5-7-9-11-13-15-17-19-21-23-24-25-27-29-31-33-35-37-39-41-43-50(55)60-44-47(53)45-61-63(58,59)62-46-48(51(56)57)52-49(54)42-40-38-36-34-32-30-28-26-22-20-18-16-14-12-10-8-6-4-2/h11,13,17,19,47-48,53H,3-10,12,14-16,18,20-46H2,1-2H3,(H,52,54)(H,56,57)(H,58,59)/b13-11-,19-17-. The highest BCUT2D eigenvalue weighted by Crippen LogP contribution is 2.43. The number of aliphatic hydroxyl groups excluding tert-OH is 1. The minimum atomic E-state index is -4.76. The lowest BCUT2D eigenvalue weighted by atomic mass is 10.0. The van der Waals surface area contributed by atoms with Gasteiger partial charge in [0, 0.05) is 12.8 Å². The number of hydrogen-bond donors (Lipinski definition) is 4. The van der Waals surface area contributed by atoms with Crippen molar-refractivity contribution in [3.05, 3.63) is 24.3 Å². The Kier molecular flexibility index (Phi) is 45.0. The highest BCUT2D eigenvalue weighted by Gasteiger charge is 2.28. The van der Waals surface area contributed by atoms with Crippen molar-refractivity contribution >= 4 is 25.7 Å². The Morgan fingerprint density at radius 2 is 0.873 bits per heavy atom. The van der Waals surface area contributed by atoms with Crippen LogP contribution in [0.2, 0.25) is 0 Å². The number of carbonyl (C=O) groups is 3. The number of ether oxygens (including phenoxy) is 1. The molecular formula is C51H96NO10P. The maximum absolute atomic E-state index is 12.4. The van der Waals surface area contributed by atoms with Crippen LogP contribution in [0.15, 0.2) is 24.3 Å². The summed E-state index contributed by atoms with van der Waals surface area (Å²) in [7, 11) is -4.76. The van der Waals surface area contributed by atoms with Crippen LogP contribution in [0.4, 0.5) is 0 Å². The lowest BCUT2D eigenvalue weighted by Gasteiger charge is -2.18. The monoisotopic (exact) mass is 914 g/mol. The van der Waals surface area contributed by atoms with E-state index in [2.05, 4.69) is 43.5 Å². The van der Waals surface area contributed by atoms with E-state index in [9.17, 15) is 34.1 Å². The zero-order chi connectivity index (χ0) is 46.3. The van der Waals surface area contributed by atoms with E-state index in [0.717, 1.165) is 44.9 Å². The molecular weight excluding hydrogens is 818 g/mol. The quantitative estimate of drug-likeness (QED) is 0.0199. The number of allylic oxidation sites excluding steroid dienone is 4. The molecule has 0 aromatic heterocycles. The van der Waals surface area contributed by atoms with Crippen molar-refractivity contribution in [2.45, 2.75) is 264 Å². The van der Waals surface area contributed by atoms with Crippen LogP contribution in [0.25, 0.3) is 0 Å². The van der Waals surface area contributed by atoms with Crippen LogP contribution >= 0.6 is 7.82 Å². The van der Waals surface area contributed by atoms with E-state index in [-0.39, 0.29) is 12.8 Å². The smallest absolute Gasteiger partial charge is 0.472 e. The molecule has 0 spiro atoms. The largest absolute Gasteiger partial charge is 0.480 e. The van der Waals surface area contributed by atoms with E-state index < -0.39 is 57.6 Å². The third kappa shape index (κ3) is 46.3. The summed E-state index contributed by atoms with van der Waals surface area (Å²) in [5, 5.41) is 21.9. The maximum atomic E-state index is 12.4. The fraction of sp³-hybridized carbons (Fsp3) is 0.863. The summed E-state index contributed by atoms with van der Waals surface area (Å²) in [5.74, 6) is -2.36. The highest BCUT2D eigenvalue weighted by molar-refractivity contribution is 7.47. The van der Waals surface area contributed by atoms with Crippen molar-refractivity contribution in [3.8, 4) is 0 Å². The number of carboxylic acids is 1. The van der Waals surface area contributed by atoms with Crippen LogP contribution in [-0.2, 0) is 32.7 Å². The Morgan fingerprint density at radius 1 is 0.508 bits per heavy atom. The molecule has 0 aliphatic carbocycles. The number of nitrogens with one attached hydrogen (secondary N) is 1. The van der Waals surface area contributed by atoms with Gasteiger partial charge in [0.15, 0.2) is 6.04 Å². The van der Waals surface area contributed by atoms with Gasteiger partial charge in [-0.15, -0.1) is 0 Å². The summed E-state index contributed by atoms with van der Waals surface area (Å²) < 4.78 is 27.0. The Bertz CT molecular complexity index is 1160. The first-order valence-corrected chi connectivity index (χ1v) is 27.4. The second-order valence-electron chi connectivity index (χ2n) is 17.7. The summed E-state index contributed by atoms with van der Waals surface area (Å²) in [4.78, 5) is 46.1.